The van der Waals surface area contributed by atoms with Crippen molar-refractivity contribution in [3.05, 3.63) is 22.3 Å². The van der Waals surface area contributed by atoms with E-state index in [0.717, 1.165) is 13.0 Å². The molecule has 1 heterocycles. The fourth-order valence-corrected chi connectivity index (χ4v) is 2.63. The van der Waals surface area contributed by atoms with Crippen LogP contribution in [0.2, 0.25) is 0 Å². The molecular formula is C13H20BrN3O3S. The van der Waals surface area contributed by atoms with Crippen LogP contribution in [0.4, 0.5) is 5.82 Å². The average molecular weight is 378 g/mol. The summed E-state index contributed by atoms with van der Waals surface area (Å²) in [5, 5.41) is 5.81. The summed E-state index contributed by atoms with van der Waals surface area (Å²) in [5.41, 5.74) is 0.442. The molecule has 2 N–H and O–H groups in total. The number of carbonyl (C=O) groups excluding carboxylic acids is 1. The zero-order chi connectivity index (χ0) is 15.9. The van der Waals surface area contributed by atoms with Gasteiger partial charge in [-0.3, -0.25) is 4.79 Å². The molecule has 8 heteroatoms. The van der Waals surface area contributed by atoms with Gasteiger partial charge in [-0.15, -0.1) is 0 Å². The SMILES string of the molecule is CCCNc1ncc(Br)cc1C(=O)NCCCS(C)(=O)=O. The number of carbonyl (C=O) groups is 1. The van der Waals surface area contributed by atoms with Crippen molar-refractivity contribution in [3.8, 4) is 0 Å². The highest BCUT2D eigenvalue weighted by molar-refractivity contribution is 9.10. The van der Waals surface area contributed by atoms with E-state index in [1.54, 1.807) is 12.3 Å². The van der Waals surface area contributed by atoms with E-state index in [-0.39, 0.29) is 11.7 Å². The van der Waals surface area contributed by atoms with Gasteiger partial charge >= 0.3 is 0 Å². The Kier molecular flexibility index (Phi) is 7.10. The summed E-state index contributed by atoms with van der Waals surface area (Å²) >= 11 is 3.29. The number of hydrogen-bond acceptors (Lipinski definition) is 5. The van der Waals surface area contributed by atoms with Gasteiger partial charge in [0, 0.05) is 30.0 Å². The first-order valence-electron chi connectivity index (χ1n) is 6.69. The molecule has 0 unspecified atom stereocenters. The molecule has 0 spiro atoms. The van der Waals surface area contributed by atoms with Gasteiger partial charge in [0.25, 0.3) is 5.91 Å². The average Bonchev–Trinajstić information content (AvgIpc) is 2.41. The van der Waals surface area contributed by atoms with Gasteiger partial charge < -0.3 is 10.6 Å². The summed E-state index contributed by atoms with van der Waals surface area (Å²) in [6, 6.07) is 1.69. The van der Waals surface area contributed by atoms with Crippen LogP contribution in [0.3, 0.4) is 0 Å². The minimum absolute atomic E-state index is 0.0605. The highest BCUT2D eigenvalue weighted by Gasteiger charge is 2.13. The van der Waals surface area contributed by atoms with E-state index in [4.69, 9.17) is 0 Å². The molecule has 0 aliphatic carbocycles. The number of sulfone groups is 1. The topological polar surface area (TPSA) is 88.2 Å². The molecule has 1 amide bonds. The zero-order valence-corrected chi connectivity index (χ0v) is 14.6. The van der Waals surface area contributed by atoms with Crippen molar-refractivity contribution in [1.29, 1.82) is 0 Å². The van der Waals surface area contributed by atoms with E-state index in [1.807, 2.05) is 6.92 Å². The number of pyridine rings is 1. The third-order valence-electron chi connectivity index (χ3n) is 2.62. The van der Waals surface area contributed by atoms with Gasteiger partial charge in [-0.05, 0) is 34.8 Å². The second kappa shape index (κ2) is 8.33. The summed E-state index contributed by atoms with van der Waals surface area (Å²) in [6.07, 6.45) is 4.12. The van der Waals surface area contributed by atoms with Crippen LogP contribution >= 0.6 is 15.9 Å². The number of aromatic nitrogens is 1. The van der Waals surface area contributed by atoms with Crippen molar-refractivity contribution in [1.82, 2.24) is 10.3 Å². The van der Waals surface area contributed by atoms with Crippen molar-refractivity contribution < 1.29 is 13.2 Å². The van der Waals surface area contributed by atoms with Gasteiger partial charge in [-0.25, -0.2) is 13.4 Å². The van der Waals surface area contributed by atoms with Crippen LogP contribution in [-0.2, 0) is 9.84 Å². The molecule has 1 aromatic heterocycles. The molecule has 0 aromatic carbocycles. The molecular weight excluding hydrogens is 358 g/mol. The molecule has 0 saturated heterocycles. The van der Waals surface area contributed by atoms with Gasteiger partial charge in [0.1, 0.15) is 15.7 Å². The van der Waals surface area contributed by atoms with Crippen molar-refractivity contribution in [3.63, 3.8) is 0 Å². The number of nitrogens with zero attached hydrogens (tertiary/aromatic N) is 1. The first-order valence-corrected chi connectivity index (χ1v) is 9.54. The van der Waals surface area contributed by atoms with Crippen LogP contribution in [0, 0.1) is 0 Å². The van der Waals surface area contributed by atoms with E-state index in [0.29, 0.717) is 28.8 Å². The van der Waals surface area contributed by atoms with Gasteiger partial charge in [0.05, 0.1) is 11.3 Å². The van der Waals surface area contributed by atoms with Gasteiger partial charge in [-0.2, -0.15) is 0 Å². The second-order valence-corrected chi connectivity index (χ2v) is 7.89. The molecule has 1 aromatic rings. The predicted octanol–water partition coefficient (Wildman–Crippen LogP) is 1.83. The van der Waals surface area contributed by atoms with Crippen LogP contribution in [0.1, 0.15) is 30.1 Å². The fraction of sp³-hybridized carbons (Fsp3) is 0.538. The van der Waals surface area contributed by atoms with Gasteiger partial charge in [0.2, 0.25) is 0 Å². The Morgan fingerprint density at radius 3 is 2.71 bits per heavy atom. The van der Waals surface area contributed by atoms with Gasteiger partial charge in [0.15, 0.2) is 0 Å². The van der Waals surface area contributed by atoms with Crippen LogP contribution in [0.15, 0.2) is 16.7 Å². The smallest absolute Gasteiger partial charge is 0.255 e. The Bertz CT molecular complexity index is 590. The molecule has 1 rings (SSSR count). The molecule has 21 heavy (non-hydrogen) atoms. The normalized spacial score (nSPS) is 11.2. The van der Waals surface area contributed by atoms with Crippen LogP contribution in [-0.4, -0.2) is 44.4 Å². The second-order valence-electron chi connectivity index (χ2n) is 4.72. The lowest BCUT2D eigenvalue weighted by Gasteiger charge is -2.11. The lowest BCUT2D eigenvalue weighted by molar-refractivity contribution is 0.0954. The van der Waals surface area contributed by atoms with Crippen molar-refractivity contribution in [2.45, 2.75) is 19.8 Å². The third kappa shape index (κ3) is 6.90. The highest BCUT2D eigenvalue weighted by Crippen LogP contribution is 2.18. The fourth-order valence-electron chi connectivity index (χ4n) is 1.63. The summed E-state index contributed by atoms with van der Waals surface area (Å²) in [6.45, 7) is 3.06. The molecule has 118 valence electrons. The van der Waals surface area contributed by atoms with Crippen molar-refractivity contribution in [2.24, 2.45) is 0 Å². The van der Waals surface area contributed by atoms with Gasteiger partial charge in [-0.1, -0.05) is 6.92 Å². The van der Waals surface area contributed by atoms with E-state index in [2.05, 4.69) is 31.5 Å². The Hall–Kier alpha value is -1.15. The Balaban J connectivity index is 2.65. The Morgan fingerprint density at radius 1 is 1.38 bits per heavy atom. The van der Waals surface area contributed by atoms with E-state index >= 15 is 0 Å². The predicted molar refractivity (Wildman–Crippen MR) is 87.4 cm³/mol. The highest BCUT2D eigenvalue weighted by atomic mass is 79.9. The number of halogens is 1. The standard InChI is InChI=1S/C13H20BrN3O3S/c1-3-5-15-12-11(8-10(14)9-17-12)13(18)16-6-4-7-21(2,19)20/h8-9H,3-7H2,1-2H3,(H,15,17)(H,16,18). The summed E-state index contributed by atoms with van der Waals surface area (Å²) < 4.78 is 22.8. The maximum absolute atomic E-state index is 12.1. The first kappa shape index (κ1) is 17.9. The first-order chi connectivity index (χ1) is 9.83. The quantitative estimate of drug-likeness (QED) is 0.674. The summed E-state index contributed by atoms with van der Waals surface area (Å²) in [4.78, 5) is 16.3. The zero-order valence-electron chi connectivity index (χ0n) is 12.1. The van der Waals surface area contributed by atoms with E-state index in [9.17, 15) is 13.2 Å². The molecule has 0 atom stereocenters. The maximum atomic E-state index is 12.1. The largest absolute Gasteiger partial charge is 0.369 e. The van der Waals surface area contributed by atoms with Crippen LogP contribution < -0.4 is 10.6 Å². The lowest BCUT2D eigenvalue weighted by atomic mass is 10.2. The number of nitrogens with one attached hydrogen (secondary N) is 2. The van der Waals surface area contributed by atoms with Crippen molar-refractivity contribution >= 4 is 37.5 Å². The van der Waals surface area contributed by atoms with E-state index < -0.39 is 9.84 Å². The molecule has 0 radical (unpaired) electrons. The van der Waals surface area contributed by atoms with Crippen molar-refractivity contribution in [2.75, 3.05) is 30.4 Å². The number of anilines is 1. The summed E-state index contributed by atoms with van der Waals surface area (Å²) in [5.74, 6) is 0.321. The lowest BCUT2D eigenvalue weighted by Crippen LogP contribution is -2.27. The number of rotatable bonds is 8. The molecule has 0 fully saturated rings. The number of amides is 1. The van der Waals surface area contributed by atoms with E-state index in [1.165, 1.54) is 6.26 Å². The minimum atomic E-state index is -3.00. The van der Waals surface area contributed by atoms with Crippen LogP contribution in [0.5, 0.6) is 0 Å². The monoisotopic (exact) mass is 377 g/mol. The molecule has 0 aliphatic rings. The number of hydrogen-bond donors (Lipinski definition) is 2. The molecule has 0 aliphatic heterocycles. The minimum Gasteiger partial charge on any atom is -0.369 e. The molecule has 0 saturated carbocycles. The maximum Gasteiger partial charge on any atom is 0.255 e. The Morgan fingerprint density at radius 2 is 2.10 bits per heavy atom. The van der Waals surface area contributed by atoms with Crippen LogP contribution in [0.25, 0.3) is 0 Å². The summed E-state index contributed by atoms with van der Waals surface area (Å²) in [7, 11) is -3.00. The Labute approximate surface area is 133 Å². The molecule has 0 bridgehead atoms. The third-order valence-corrected chi connectivity index (χ3v) is 4.08. The molecule has 6 nitrogen and oxygen atoms in total.